The predicted molar refractivity (Wildman–Crippen MR) is 245 cm³/mol. The zero-order valence-electron chi connectivity index (χ0n) is 32.2. The van der Waals surface area contributed by atoms with Gasteiger partial charge in [0.25, 0.3) is 0 Å². The van der Waals surface area contributed by atoms with Gasteiger partial charge in [-0.3, -0.25) is 0 Å². The molecule has 6 rings (SSSR count). The van der Waals surface area contributed by atoms with Crippen molar-refractivity contribution in [3.05, 3.63) is 179 Å². The van der Waals surface area contributed by atoms with Crippen LogP contribution in [0.3, 0.4) is 0 Å². The lowest BCUT2D eigenvalue weighted by Gasteiger charge is -2.26. The number of anilines is 3. The molecule has 0 bridgehead atoms. The van der Waals surface area contributed by atoms with Gasteiger partial charge in [-0.15, -0.1) is 11.8 Å². The SMILES string of the molecule is CSc1ccc(/C=C/c2ccc(N(c3ccc(/C=C/c4ccc([Si](C)(C)C)cc4)cc3)c3ccc(/C=C/c4ccc([Si](C)(C)C)cc4)cc3)cc2)cc1. The fourth-order valence-corrected chi connectivity index (χ4v) is 8.87. The number of thioether (sulfide) groups is 1. The Morgan fingerprint density at radius 1 is 0.340 bits per heavy atom. The first-order valence-electron chi connectivity index (χ1n) is 18.4. The van der Waals surface area contributed by atoms with Crippen molar-refractivity contribution in [2.45, 2.75) is 44.2 Å². The Hall–Kier alpha value is -4.88. The molecule has 0 N–H and O–H groups in total. The first-order valence-corrected chi connectivity index (χ1v) is 26.7. The molecule has 0 atom stereocenters. The summed E-state index contributed by atoms with van der Waals surface area (Å²) in [6, 6.07) is 53.4. The third kappa shape index (κ3) is 10.4. The van der Waals surface area contributed by atoms with Gasteiger partial charge in [-0.1, -0.05) is 183 Å². The van der Waals surface area contributed by atoms with Crippen molar-refractivity contribution < 1.29 is 0 Å². The second kappa shape index (κ2) is 16.9. The highest BCUT2D eigenvalue weighted by molar-refractivity contribution is 7.98. The van der Waals surface area contributed by atoms with Crippen LogP contribution in [-0.4, -0.2) is 22.4 Å². The molecule has 0 aliphatic rings. The summed E-state index contributed by atoms with van der Waals surface area (Å²) in [5, 5.41) is 2.97. The average Bonchev–Trinajstić information content (AvgIpc) is 3.17. The van der Waals surface area contributed by atoms with Gasteiger partial charge >= 0.3 is 0 Å². The Morgan fingerprint density at radius 3 is 0.792 bits per heavy atom. The van der Waals surface area contributed by atoms with Crippen molar-refractivity contribution in [3.8, 4) is 0 Å². The maximum absolute atomic E-state index is 2.39. The Balaban J connectivity index is 1.24. The Labute approximate surface area is 324 Å². The molecule has 6 aromatic rings. The van der Waals surface area contributed by atoms with E-state index in [1.807, 2.05) is 0 Å². The minimum atomic E-state index is -1.31. The summed E-state index contributed by atoms with van der Waals surface area (Å²) in [5.74, 6) is 0. The maximum Gasteiger partial charge on any atom is 0.0775 e. The molecule has 1 nitrogen and oxygen atoms in total. The Morgan fingerprint density at radius 2 is 0.566 bits per heavy atom. The number of nitrogens with zero attached hydrogens (tertiary/aromatic N) is 1. The standard InChI is InChI=1S/C49H51NSSi2/c1-51-47-32-20-41(21-33-47)11-8-38-14-26-44(27-15-38)50(45-28-16-39(17-29-45)9-12-42-22-34-48(35-23-42)52(2,3)4)46-30-18-40(19-31-46)10-13-43-24-36-49(37-25-43)53(5,6)7/h8-37H,1-7H3/b11-8+,12-9+,13-10+. The van der Waals surface area contributed by atoms with Crippen LogP contribution in [0.5, 0.6) is 0 Å². The van der Waals surface area contributed by atoms with Crippen LogP contribution >= 0.6 is 11.8 Å². The molecule has 0 aliphatic carbocycles. The van der Waals surface area contributed by atoms with Crippen LogP contribution in [0.25, 0.3) is 36.5 Å². The van der Waals surface area contributed by atoms with Gasteiger partial charge < -0.3 is 4.90 Å². The minimum absolute atomic E-state index is 1.11. The molecule has 6 aromatic carbocycles. The van der Waals surface area contributed by atoms with Crippen LogP contribution in [-0.2, 0) is 0 Å². The van der Waals surface area contributed by atoms with Gasteiger partial charge in [0.05, 0.1) is 16.1 Å². The quantitative estimate of drug-likeness (QED) is 0.0698. The van der Waals surface area contributed by atoms with Crippen LogP contribution in [0.15, 0.2) is 150 Å². The van der Waals surface area contributed by atoms with Crippen LogP contribution in [0.2, 0.25) is 39.3 Å². The normalized spacial score (nSPS) is 12.3. The molecule has 0 saturated carbocycles. The van der Waals surface area contributed by atoms with Gasteiger partial charge in [0.1, 0.15) is 0 Å². The van der Waals surface area contributed by atoms with Crippen LogP contribution in [0.1, 0.15) is 33.4 Å². The van der Waals surface area contributed by atoms with Gasteiger partial charge in [-0.2, -0.15) is 0 Å². The summed E-state index contributed by atoms with van der Waals surface area (Å²) in [5.41, 5.74) is 10.5. The second-order valence-electron chi connectivity index (χ2n) is 15.6. The molecule has 0 saturated heterocycles. The lowest BCUT2D eigenvalue weighted by molar-refractivity contribution is 1.28. The van der Waals surface area contributed by atoms with Gasteiger partial charge in [-0.05, 0) is 88.2 Å². The Kier molecular flexibility index (Phi) is 12.0. The van der Waals surface area contributed by atoms with Crippen molar-refractivity contribution in [1.29, 1.82) is 0 Å². The van der Waals surface area contributed by atoms with E-state index < -0.39 is 16.1 Å². The van der Waals surface area contributed by atoms with Crippen molar-refractivity contribution in [2.24, 2.45) is 0 Å². The van der Waals surface area contributed by atoms with E-state index in [9.17, 15) is 0 Å². The first-order chi connectivity index (χ1) is 25.4. The summed E-state index contributed by atoms with van der Waals surface area (Å²) in [7, 11) is -2.61. The van der Waals surface area contributed by atoms with Crippen molar-refractivity contribution >= 4 is 91.8 Å². The van der Waals surface area contributed by atoms with E-state index in [-0.39, 0.29) is 0 Å². The number of rotatable bonds is 12. The molecule has 0 fully saturated rings. The van der Waals surface area contributed by atoms with Crippen LogP contribution in [0.4, 0.5) is 17.1 Å². The molecule has 0 heterocycles. The van der Waals surface area contributed by atoms with Crippen molar-refractivity contribution in [1.82, 2.24) is 0 Å². The number of hydrogen-bond donors (Lipinski definition) is 0. The topological polar surface area (TPSA) is 3.24 Å². The highest BCUT2D eigenvalue weighted by Crippen LogP contribution is 2.35. The molecule has 0 amide bonds. The molecule has 53 heavy (non-hydrogen) atoms. The van der Waals surface area contributed by atoms with E-state index >= 15 is 0 Å². The smallest absolute Gasteiger partial charge is 0.0775 e. The van der Waals surface area contributed by atoms with E-state index in [0.717, 1.165) is 17.1 Å². The van der Waals surface area contributed by atoms with E-state index in [4.69, 9.17) is 0 Å². The first kappa shape index (κ1) is 37.9. The molecule has 0 aromatic heterocycles. The summed E-state index contributed by atoms with van der Waals surface area (Å²) < 4.78 is 0. The molecular formula is C49H51NSSi2. The van der Waals surface area contributed by atoms with Crippen molar-refractivity contribution in [2.75, 3.05) is 11.2 Å². The molecule has 0 aliphatic heterocycles. The molecule has 0 radical (unpaired) electrons. The lowest BCUT2D eigenvalue weighted by Crippen LogP contribution is -2.37. The van der Waals surface area contributed by atoms with Gasteiger partial charge in [0, 0.05) is 22.0 Å². The molecule has 266 valence electrons. The van der Waals surface area contributed by atoms with E-state index in [2.05, 4.69) is 232 Å². The fourth-order valence-electron chi connectivity index (χ4n) is 6.13. The zero-order valence-corrected chi connectivity index (χ0v) is 35.0. The third-order valence-corrected chi connectivity index (χ3v) is 14.4. The monoisotopic (exact) mass is 741 g/mol. The van der Waals surface area contributed by atoms with Gasteiger partial charge in [0.15, 0.2) is 0 Å². The Bertz CT molecular complexity index is 2050. The maximum atomic E-state index is 2.39. The predicted octanol–water partition coefficient (Wildman–Crippen LogP) is 13.5. The van der Waals surface area contributed by atoms with E-state index in [1.165, 1.54) is 48.6 Å². The second-order valence-corrected chi connectivity index (χ2v) is 26.7. The van der Waals surface area contributed by atoms with Crippen LogP contribution < -0.4 is 15.3 Å². The minimum Gasteiger partial charge on any atom is -0.311 e. The average molecular weight is 742 g/mol. The van der Waals surface area contributed by atoms with Gasteiger partial charge in [0.2, 0.25) is 0 Å². The summed E-state index contributed by atoms with van der Waals surface area (Å²) in [6.07, 6.45) is 15.3. The van der Waals surface area contributed by atoms with E-state index in [1.54, 1.807) is 11.8 Å². The third-order valence-electron chi connectivity index (χ3n) is 9.53. The highest BCUT2D eigenvalue weighted by atomic mass is 32.2. The lowest BCUT2D eigenvalue weighted by atomic mass is 10.1. The van der Waals surface area contributed by atoms with E-state index in [0.29, 0.717) is 0 Å². The molecule has 0 unspecified atom stereocenters. The summed E-state index contributed by atoms with van der Waals surface area (Å²) in [6.45, 7) is 14.3. The number of benzene rings is 6. The highest BCUT2D eigenvalue weighted by Gasteiger charge is 2.16. The molecule has 0 spiro atoms. The summed E-state index contributed by atoms with van der Waals surface area (Å²) >= 11 is 1.77. The zero-order chi connectivity index (χ0) is 37.4. The molecular weight excluding hydrogens is 691 g/mol. The van der Waals surface area contributed by atoms with Crippen molar-refractivity contribution in [3.63, 3.8) is 0 Å². The fraction of sp³-hybridized carbons (Fsp3) is 0.143. The largest absolute Gasteiger partial charge is 0.311 e. The number of hydrogen-bond acceptors (Lipinski definition) is 2. The summed E-state index contributed by atoms with van der Waals surface area (Å²) in [4.78, 5) is 3.61. The molecule has 4 heteroatoms. The van der Waals surface area contributed by atoms with Gasteiger partial charge in [-0.25, -0.2) is 0 Å². The van der Waals surface area contributed by atoms with Crippen LogP contribution in [0, 0.1) is 0 Å².